The van der Waals surface area contributed by atoms with Gasteiger partial charge in [-0.3, -0.25) is 4.79 Å². The van der Waals surface area contributed by atoms with Crippen molar-refractivity contribution in [2.75, 3.05) is 6.61 Å². The number of halogens is 1. The van der Waals surface area contributed by atoms with Gasteiger partial charge >= 0.3 is 5.97 Å². The first-order chi connectivity index (χ1) is 15.0. The first kappa shape index (κ1) is 21.7. The zero-order valence-corrected chi connectivity index (χ0v) is 17.0. The van der Waals surface area contributed by atoms with Crippen LogP contribution in [0.5, 0.6) is 11.5 Å². The number of nitriles is 1. The Kier molecular flexibility index (Phi) is 7.46. The molecule has 7 nitrogen and oxygen atoms in total. The molecular weight excluding hydrogens is 420 g/mol. The van der Waals surface area contributed by atoms with Gasteiger partial charge in [-0.2, -0.15) is 5.26 Å². The minimum Gasteiger partial charge on any atom is -0.482 e. The smallest absolute Gasteiger partial charge is 0.349 e. The Morgan fingerprint density at radius 1 is 1.10 bits per heavy atom. The van der Waals surface area contributed by atoms with Crippen molar-refractivity contribution in [3.63, 3.8) is 0 Å². The summed E-state index contributed by atoms with van der Waals surface area (Å²) < 4.78 is 15.7. The van der Waals surface area contributed by atoms with Gasteiger partial charge in [0.1, 0.15) is 28.9 Å². The molecule has 0 saturated heterocycles. The summed E-state index contributed by atoms with van der Waals surface area (Å²) in [5.74, 6) is 0.235. The standard InChI is InChI=1S/C23H17ClN2O5/c24-18-3-1-4-20(12-18)30-15-22(27)31-19-8-6-16(7-9-19)11-17(13-25)23(28)26-14-21-5-2-10-29-21/h1-12H,14-15H2,(H,26,28)/b17-11+. The summed E-state index contributed by atoms with van der Waals surface area (Å²) in [6.07, 6.45) is 2.94. The van der Waals surface area contributed by atoms with Crippen molar-refractivity contribution in [2.45, 2.75) is 6.54 Å². The van der Waals surface area contributed by atoms with E-state index in [0.717, 1.165) is 0 Å². The molecule has 0 atom stereocenters. The maximum atomic E-state index is 12.2. The maximum Gasteiger partial charge on any atom is 0.349 e. The molecule has 1 amide bonds. The van der Waals surface area contributed by atoms with Gasteiger partial charge in [-0.05, 0) is 54.1 Å². The lowest BCUT2D eigenvalue weighted by Crippen LogP contribution is -2.23. The molecule has 0 radical (unpaired) electrons. The van der Waals surface area contributed by atoms with E-state index >= 15 is 0 Å². The molecule has 0 aliphatic heterocycles. The van der Waals surface area contributed by atoms with Crippen LogP contribution in [0.1, 0.15) is 11.3 Å². The van der Waals surface area contributed by atoms with Gasteiger partial charge in [0.05, 0.1) is 12.8 Å². The second-order valence-corrected chi connectivity index (χ2v) is 6.66. The number of ether oxygens (including phenoxy) is 2. The van der Waals surface area contributed by atoms with Gasteiger partial charge in [-0.15, -0.1) is 0 Å². The Balaban J connectivity index is 1.53. The highest BCUT2D eigenvalue weighted by Crippen LogP contribution is 2.18. The molecule has 3 aromatic rings. The summed E-state index contributed by atoms with van der Waals surface area (Å²) in [4.78, 5) is 24.1. The fraction of sp³-hybridized carbons (Fsp3) is 0.0870. The average molecular weight is 437 g/mol. The highest BCUT2D eigenvalue weighted by atomic mass is 35.5. The van der Waals surface area contributed by atoms with Crippen LogP contribution in [0.15, 0.2) is 76.9 Å². The Morgan fingerprint density at radius 3 is 2.58 bits per heavy atom. The Hall–Kier alpha value is -4.02. The van der Waals surface area contributed by atoms with E-state index in [0.29, 0.717) is 27.8 Å². The Morgan fingerprint density at radius 2 is 1.90 bits per heavy atom. The molecule has 3 rings (SSSR count). The quantitative estimate of drug-likeness (QED) is 0.246. The number of amides is 1. The molecule has 1 N–H and O–H groups in total. The number of furan rings is 1. The monoisotopic (exact) mass is 436 g/mol. The molecule has 156 valence electrons. The number of carbonyl (C=O) groups is 2. The third kappa shape index (κ3) is 6.77. The molecule has 0 aliphatic carbocycles. The highest BCUT2D eigenvalue weighted by Gasteiger charge is 2.10. The summed E-state index contributed by atoms with van der Waals surface area (Å²) in [5.41, 5.74) is 0.533. The van der Waals surface area contributed by atoms with Gasteiger partial charge in [-0.25, -0.2) is 4.79 Å². The highest BCUT2D eigenvalue weighted by molar-refractivity contribution is 6.30. The number of nitrogens with one attached hydrogen (secondary N) is 1. The molecule has 1 aromatic heterocycles. The SMILES string of the molecule is N#C/C(=C\c1ccc(OC(=O)COc2cccc(Cl)c2)cc1)C(=O)NCc1ccco1. The lowest BCUT2D eigenvalue weighted by Gasteiger charge is -2.07. The number of nitrogens with zero attached hydrogens (tertiary/aromatic N) is 1. The van der Waals surface area contributed by atoms with Gasteiger partial charge < -0.3 is 19.2 Å². The fourth-order valence-corrected chi connectivity index (χ4v) is 2.66. The van der Waals surface area contributed by atoms with Crippen molar-refractivity contribution in [3.05, 3.63) is 88.8 Å². The number of esters is 1. The summed E-state index contributed by atoms with van der Waals surface area (Å²) in [6.45, 7) is -0.104. The van der Waals surface area contributed by atoms with Crippen LogP contribution < -0.4 is 14.8 Å². The van der Waals surface area contributed by atoms with Crippen molar-refractivity contribution in [1.29, 1.82) is 5.26 Å². The average Bonchev–Trinajstić information content (AvgIpc) is 3.29. The molecule has 31 heavy (non-hydrogen) atoms. The lowest BCUT2D eigenvalue weighted by molar-refractivity contribution is -0.136. The van der Waals surface area contributed by atoms with Crippen LogP contribution in [0.3, 0.4) is 0 Å². The van der Waals surface area contributed by atoms with E-state index in [1.807, 2.05) is 6.07 Å². The lowest BCUT2D eigenvalue weighted by atomic mass is 10.1. The second-order valence-electron chi connectivity index (χ2n) is 6.22. The fourth-order valence-electron chi connectivity index (χ4n) is 2.48. The van der Waals surface area contributed by atoms with E-state index in [9.17, 15) is 14.9 Å². The van der Waals surface area contributed by atoms with Gasteiger partial charge in [-0.1, -0.05) is 29.8 Å². The molecule has 0 bridgehead atoms. The van der Waals surface area contributed by atoms with Gasteiger partial charge in [0, 0.05) is 5.02 Å². The molecule has 2 aromatic carbocycles. The summed E-state index contributed by atoms with van der Waals surface area (Å²) in [7, 11) is 0. The number of rotatable bonds is 8. The van der Waals surface area contributed by atoms with Crippen LogP contribution in [-0.2, 0) is 16.1 Å². The van der Waals surface area contributed by atoms with E-state index < -0.39 is 11.9 Å². The van der Waals surface area contributed by atoms with Gasteiger partial charge in [0.2, 0.25) is 0 Å². The largest absolute Gasteiger partial charge is 0.482 e. The minimum absolute atomic E-state index is 0.0637. The van der Waals surface area contributed by atoms with Crippen molar-refractivity contribution in [1.82, 2.24) is 5.32 Å². The molecule has 0 unspecified atom stereocenters. The molecule has 0 aliphatic rings. The number of hydrogen-bond acceptors (Lipinski definition) is 6. The van der Waals surface area contributed by atoms with Crippen LogP contribution in [0.25, 0.3) is 6.08 Å². The topological polar surface area (TPSA) is 102 Å². The van der Waals surface area contributed by atoms with Crippen LogP contribution in [0, 0.1) is 11.3 Å². The van der Waals surface area contributed by atoms with Crippen molar-refractivity contribution in [2.24, 2.45) is 0 Å². The summed E-state index contributed by atoms with van der Waals surface area (Å²) >= 11 is 5.86. The number of benzene rings is 2. The van der Waals surface area contributed by atoms with Crippen molar-refractivity contribution < 1.29 is 23.5 Å². The molecular formula is C23H17ClN2O5. The first-order valence-electron chi connectivity index (χ1n) is 9.15. The zero-order valence-electron chi connectivity index (χ0n) is 16.2. The van der Waals surface area contributed by atoms with Gasteiger partial charge in [0.15, 0.2) is 6.61 Å². The van der Waals surface area contributed by atoms with Gasteiger partial charge in [0.25, 0.3) is 5.91 Å². The predicted molar refractivity (Wildman–Crippen MR) is 113 cm³/mol. The summed E-state index contributed by atoms with van der Waals surface area (Å²) in [5, 5.41) is 12.4. The first-order valence-corrected chi connectivity index (χ1v) is 9.53. The predicted octanol–water partition coefficient (Wildman–Crippen LogP) is 4.14. The Bertz CT molecular complexity index is 1120. The van der Waals surface area contributed by atoms with Crippen molar-refractivity contribution in [3.8, 4) is 17.6 Å². The molecule has 0 spiro atoms. The van der Waals surface area contributed by atoms with E-state index in [1.165, 1.54) is 12.3 Å². The zero-order chi connectivity index (χ0) is 22.1. The third-order valence-electron chi connectivity index (χ3n) is 3.94. The molecule has 1 heterocycles. The maximum absolute atomic E-state index is 12.2. The van der Waals surface area contributed by atoms with E-state index in [1.54, 1.807) is 60.7 Å². The van der Waals surface area contributed by atoms with Crippen LogP contribution in [0.2, 0.25) is 5.02 Å². The van der Waals surface area contributed by atoms with E-state index in [4.69, 9.17) is 25.5 Å². The second kappa shape index (κ2) is 10.7. The third-order valence-corrected chi connectivity index (χ3v) is 4.18. The summed E-state index contributed by atoms with van der Waals surface area (Å²) in [6, 6.07) is 18.3. The minimum atomic E-state index is -0.585. The van der Waals surface area contributed by atoms with E-state index in [-0.39, 0.29) is 18.7 Å². The van der Waals surface area contributed by atoms with E-state index in [2.05, 4.69) is 5.32 Å². The molecule has 0 fully saturated rings. The molecule has 0 saturated carbocycles. The van der Waals surface area contributed by atoms with Crippen molar-refractivity contribution >= 4 is 29.6 Å². The van der Waals surface area contributed by atoms with Crippen LogP contribution in [0.4, 0.5) is 0 Å². The molecule has 8 heteroatoms. The number of carbonyl (C=O) groups excluding carboxylic acids is 2. The van der Waals surface area contributed by atoms with Crippen LogP contribution >= 0.6 is 11.6 Å². The normalized spacial score (nSPS) is 10.8. The van der Waals surface area contributed by atoms with Crippen LogP contribution in [-0.4, -0.2) is 18.5 Å². The number of hydrogen-bond donors (Lipinski definition) is 1. The Labute approximate surface area is 183 Å².